The van der Waals surface area contributed by atoms with Crippen LogP contribution in [-0.4, -0.2) is 78.5 Å². The highest BCUT2D eigenvalue weighted by atomic mass is 32.1. The van der Waals surface area contributed by atoms with E-state index in [2.05, 4.69) is 26.0 Å². The van der Waals surface area contributed by atoms with E-state index in [1.807, 2.05) is 24.3 Å². The Morgan fingerprint density at radius 3 is 2.48 bits per heavy atom. The van der Waals surface area contributed by atoms with E-state index in [0.29, 0.717) is 12.5 Å². The number of aromatic nitrogens is 1. The fourth-order valence-electron chi connectivity index (χ4n) is 4.33. The average molecular weight is 439 g/mol. The van der Waals surface area contributed by atoms with Crippen molar-refractivity contribution >= 4 is 17.2 Å². The van der Waals surface area contributed by atoms with Crippen LogP contribution >= 0.6 is 11.3 Å². The number of piperidine rings is 1. The van der Waals surface area contributed by atoms with Crippen LogP contribution < -0.4 is 4.74 Å². The van der Waals surface area contributed by atoms with Gasteiger partial charge in [0.1, 0.15) is 10.8 Å². The minimum absolute atomic E-state index is 0.158. The van der Waals surface area contributed by atoms with Gasteiger partial charge in [-0.2, -0.15) is 0 Å². The first-order valence-corrected chi connectivity index (χ1v) is 11.8. The normalized spacial score (nSPS) is 18.6. The van der Waals surface area contributed by atoms with E-state index in [-0.39, 0.29) is 5.92 Å². The third-order valence-corrected chi connectivity index (χ3v) is 7.15. The lowest BCUT2D eigenvalue weighted by Gasteiger charge is -2.38. The highest BCUT2D eigenvalue weighted by molar-refractivity contribution is 7.13. The highest BCUT2D eigenvalue weighted by Gasteiger charge is 2.30. The molecule has 7 heteroatoms. The summed E-state index contributed by atoms with van der Waals surface area (Å²) in [5.74, 6) is 4.04. The van der Waals surface area contributed by atoms with Gasteiger partial charge in [0.05, 0.1) is 19.3 Å². The number of nitrogens with zero attached hydrogens (tertiary/aromatic N) is 4. The Morgan fingerprint density at radius 2 is 1.84 bits per heavy atom. The maximum absolute atomic E-state index is 12.9. The van der Waals surface area contributed by atoms with Crippen LogP contribution in [0.15, 0.2) is 29.6 Å². The van der Waals surface area contributed by atoms with E-state index in [0.717, 1.165) is 80.7 Å². The lowest BCUT2D eigenvalue weighted by molar-refractivity contribution is -0.138. The second-order valence-corrected chi connectivity index (χ2v) is 9.09. The number of likely N-dealkylation sites (tertiary alicyclic amines) is 1. The van der Waals surface area contributed by atoms with Crippen molar-refractivity contribution in [3.63, 3.8) is 0 Å². The number of benzene rings is 1. The molecule has 1 aromatic heterocycles. The van der Waals surface area contributed by atoms with E-state index in [1.165, 1.54) is 0 Å². The number of terminal acetylenes is 1. The van der Waals surface area contributed by atoms with Crippen molar-refractivity contribution in [3.05, 3.63) is 35.3 Å². The zero-order chi connectivity index (χ0) is 21.6. The summed E-state index contributed by atoms with van der Waals surface area (Å²) in [7, 11) is 1.67. The number of thiazole rings is 1. The molecule has 0 saturated carbocycles. The van der Waals surface area contributed by atoms with Crippen molar-refractivity contribution in [2.75, 3.05) is 52.9 Å². The van der Waals surface area contributed by atoms with Crippen molar-refractivity contribution < 1.29 is 9.53 Å². The SMILES string of the molecule is C#CCN1CCC(C(=O)N2CCN(Cc3csc(-c4ccc(OC)cc4)n3)CC2)CC1. The average Bonchev–Trinajstić information content (AvgIpc) is 3.28. The number of hydrogen-bond donors (Lipinski definition) is 0. The van der Waals surface area contributed by atoms with Gasteiger partial charge < -0.3 is 9.64 Å². The molecule has 2 aliphatic rings. The van der Waals surface area contributed by atoms with E-state index in [9.17, 15) is 4.79 Å². The van der Waals surface area contributed by atoms with Gasteiger partial charge in [0.2, 0.25) is 5.91 Å². The highest BCUT2D eigenvalue weighted by Crippen LogP contribution is 2.26. The topological polar surface area (TPSA) is 48.9 Å². The third kappa shape index (κ3) is 5.45. The number of amides is 1. The Morgan fingerprint density at radius 1 is 1.13 bits per heavy atom. The van der Waals surface area contributed by atoms with E-state index >= 15 is 0 Å². The third-order valence-electron chi connectivity index (χ3n) is 6.21. The standard InChI is InChI=1S/C24H30N4O2S/c1-3-10-26-11-8-20(9-12-26)24(29)28-15-13-27(14-16-28)17-21-18-31-23(25-21)19-4-6-22(30-2)7-5-19/h1,4-7,18,20H,8-17H2,2H3. The monoisotopic (exact) mass is 438 g/mol. The summed E-state index contributed by atoms with van der Waals surface area (Å²) in [6, 6.07) is 8.02. The molecule has 0 atom stereocenters. The predicted molar refractivity (Wildman–Crippen MR) is 124 cm³/mol. The lowest BCUT2D eigenvalue weighted by Crippen LogP contribution is -2.51. The number of carbonyl (C=O) groups is 1. The van der Waals surface area contributed by atoms with Crippen LogP contribution in [0.4, 0.5) is 0 Å². The summed E-state index contributed by atoms with van der Waals surface area (Å²) >= 11 is 1.67. The van der Waals surface area contributed by atoms with Gasteiger partial charge in [0.25, 0.3) is 0 Å². The Kier molecular flexibility index (Phi) is 7.23. The van der Waals surface area contributed by atoms with Crippen molar-refractivity contribution in [3.8, 4) is 28.7 Å². The largest absolute Gasteiger partial charge is 0.497 e. The van der Waals surface area contributed by atoms with Crippen LogP contribution in [0.2, 0.25) is 0 Å². The van der Waals surface area contributed by atoms with Crippen molar-refractivity contribution in [2.45, 2.75) is 19.4 Å². The summed E-state index contributed by atoms with van der Waals surface area (Å²) in [4.78, 5) is 24.4. The number of methoxy groups -OCH3 is 1. The maximum Gasteiger partial charge on any atom is 0.225 e. The molecule has 0 unspecified atom stereocenters. The van der Waals surface area contributed by atoms with Crippen molar-refractivity contribution in [1.29, 1.82) is 0 Å². The zero-order valence-corrected chi connectivity index (χ0v) is 18.9. The summed E-state index contributed by atoms with van der Waals surface area (Å²) < 4.78 is 5.23. The number of ether oxygens (including phenoxy) is 1. The van der Waals surface area contributed by atoms with Gasteiger partial charge in [-0.15, -0.1) is 17.8 Å². The van der Waals surface area contributed by atoms with Crippen LogP contribution in [0.25, 0.3) is 10.6 Å². The molecule has 0 spiro atoms. The van der Waals surface area contributed by atoms with Gasteiger partial charge in [-0.1, -0.05) is 5.92 Å². The molecule has 2 aliphatic heterocycles. The second kappa shape index (κ2) is 10.3. The minimum Gasteiger partial charge on any atom is -0.497 e. The quantitative estimate of drug-likeness (QED) is 0.649. The molecule has 31 heavy (non-hydrogen) atoms. The molecule has 4 rings (SSSR count). The van der Waals surface area contributed by atoms with Gasteiger partial charge in [-0.3, -0.25) is 14.6 Å². The molecule has 2 aromatic rings. The number of piperazine rings is 1. The summed E-state index contributed by atoms with van der Waals surface area (Å²) in [5, 5.41) is 3.17. The van der Waals surface area contributed by atoms with Gasteiger partial charge in [0.15, 0.2) is 0 Å². The Bertz CT molecular complexity index is 904. The molecule has 2 saturated heterocycles. The van der Waals surface area contributed by atoms with Gasteiger partial charge in [-0.05, 0) is 50.2 Å². The fraction of sp³-hybridized carbons (Fsp3) is 0.500. The number of hydrogen-bond acceptors (Lipinski definition) is 6. The van der Waals surface area contributed by atoms with Gasteiger partial charge in [0, 0.05) is 49.6 Å². The van der Waals surface area contributed by atoms with Crippen molar-refractivity contribution in [2.24, 2.45) is 5.92 Å². The second-order valence-electron chi connectivity index (χ2n) is 8.23. The molecule has 1 amide bonds. The first kappa shape index (κ1) is 21.8. The summed E-state index contributed by atoms with van der Waals surface area (Å²) in [6.45, 7) is 6.79. The Hall–Kier alpha value is -2.40. The smallest absolute Gasteiger partial charge is 0.225 e. The molecule has 2 fully saturated rings. The van der Waals surface area contributed by atoms with Gasteiger partial charge >= 0.3 is 0 Å². The Balaban J connectivity index is 1.24. The molecule has 0 N–H and O–H groups in total. The predicted octanol–water partition coefficient (Wildman–Crippen LogP) is 2.81. The Labute approximate surface area is 188 Å². The molecular weight excluding hydrogens is 408 g/mol. The molecular formula is C24H30N4O2S. The maximum atomic E-state index is 12.9. The van der Waals surface area contributed by atoms with Crippen LogP contribution in [0, 0.1) is 18.3 Å². The van der Waals surface area contributed by atoms with E-state index < -0.39 is 0 Å². The molecule has 164 valence electrons. The summed E-state index contributed by atoms with van der Waals surface area (Å²) in [5.41, 5.74) is 2.21. The molecule has 3 heterocycles. The van der Waals surface area contributed by atoms with Crippen LogP contribution in [0.1, 0.15) is 18.5 Å². The molecule has 0 radical (unpaired) electrons. The van der Waals surface area contributed by atoms with Crippen LogP contribution in [0.3, 0.4) is 0 Å². The van der Waals surface area contributed by atoms with Crippen LogP contribution in [-0.2, 0) is 11.3 Å². The summed E-state index contributed by atoms with van der Waals surface area (Å²) in [6.07, 6.45) is 7.25. The minimum atomic E-state index is 0.158. The zero-order valence-electron chi connectivity index (χ0n) is 18.1. The first-order valence-electron chi connectivity index (χ1n) is 10.9. The molecule has 0 aliphatic carbocycles. The van der Waals surface area contributed by atoms with Crippen LogP contribution in [0.5, 0.6) is 5.75 Å². The van der Waals surface area contributed by atoms with Gasteiger partial charge in [-0.25, -0.2) is 4.98 Å². The first-order chi connectivity index (χ1) is 15.2. The van der Waals surface area contributed by atoms with Crippen molar-refractivity contribution in [1.82, 2.24) is 19.7 Å². The van der Waals surface area contributed by atoms with E-state index in [1.54, 1.807) is 18.4 Å². The molecule has 0 bridgehead atoms. The number of carbonyl (C=O) groups excluding carboxylic acids is 1. The molecule has 1 aromatic carbocycles. The number of rotatable bonds is 6. The lowest BCUT2D eigenvalue weighted by atomic mass is 9.95. The molecule has 6 nitrogen and oxygen atoms in total. The van der Waals surface area contributed by atoms with E-state index in [4.69, 9.17) is 16.1 Å². The fourth-order valence-corrected chi connectivity index (χ4v) is 5.14.